The van der Waals surface area contributed by atoms with E-state index >= 15 is 0 Å². The van der Waals surface area contributed by atoms with Crippen LogP contribution in [-0.4, -0.2) is 29.9 Å². The van der Waals surface area contributed by atoms with Crippen LogP contribution < -0.4 is 11.5 Å². The Bertz CT molecular complexity index is 409. The Morgan fingerprint density at radius 2 is 2.47 bits per heavy atom. The number of rotatable bonds is 4. The van der Waals surface area contributed by atoms with Gasteiger partial charge in [-0.1, -0.05) is 0 Å². The number of carbonyl (C=O) groups excluding carboxylic acids is 1. The summed E-state index contributed by atoms with van der Waals surface area (Å²) in [5, 5.41) is 2.04. The van der Waals surface area contributed by atoms with Gasteiger partial charge in [-0.15, -0.1) is 11.3 Å². The molecule has 1 aliphatic rings. The molecule has 17 heavy (non-hydrogen) atoms. The Morgan fingerprint density at radius 3 is 3.00 bits per heavy atom. The number of hydrogen-bond donors (Lipinski definition) is 2. The number of nitrogens with two attached hydrogens (primary N) is 2. The Balaban J connectivity index is 2.20. The van der Waals surface area contributed by atoms with E-state index in [9.17, 15) is 4.79 Å². The maximum Gasteiger partial charge on any atom is 0.234 e. The zero-order valence-corrected chi connectivity index (χ0v) is 11.8. The zero-order chi connectivity index (χ0) is 12.4. The highest BCUT2D eigenvalue weighted by Gasteiger charge is 2.34. The Kier molecular flexibility index (Phi) is 4.19. The molecule has 1 aromatic rings. The third-order valence-corrected chi connectivity index (χ3v) is 4.96. The first-order chi connectivity index (χ1) is 8.13. The second kappa shape index (κ2) is 5.48. The van der Waals surface area contributed by atoms with Crippen LogP contribution in [0.3, 0.4) is 0 Å². The molecule has 0 aromatic carbocycles. The number of thiophene rings is 1. The molecule has 0 aliphatic carbocycles. The summed E-state index contributed by atoms with van der Waals surface area (Å²) in [6.07, 6.45) is 1.86. The fourth-order valence-electron chi connectivity index (χ4n) is 2.39. The Morgan fingerprint density at radius 1 is 1.71 bits per heavy atom. The number of hydrogen-bond acceptors (Lipinski definition) is 4. The van der Waals surface area contributed by atoms with E-state index in [0.29, 0.717) is 6.54 Å². The van der Waals surface area contributed by atoms with Crippen molar-refractivity contribution in [3.63, 3.8) is 0 Å². The predicted molar refractivity (Wildman–Crippen MR) is 72.7 cm³/mol. The fraction of sp³-hybridized carbons (Fsp3) is 0.545. The number of nitrogens with zero attached hydrogens (tertiary/aromatic N) is 1. The molecule has 94 valence electrons. The van der Waals surface area contributed by atoms with Crippen LogP contribution in [0.1, 0.15) is 23.8 Å². The summed E-state index contributed by atoms with van der Waals surface area (Å²) in [5.41, 5.74) is 11.3. The lowest BCUT2D eigenvalue weighted by molar-refractivity contribution is -0.122. The highest BCUT2D eigenvalue weighted by molar-refractivity contribution is 9.10. The summed E-state index contributed by atoms with van der Waals surface area (Å²) in [6.45, 7) is 1.40. The van der Waals surface area contributed by atoms with Gasteiger partial charge in [0.25, 0.3) is 0 Å². The molecule has 1 aromatic heterocycles. The summed E-state index contributed by atoms with van der Waals surface area (Å²) in [5.74, 6) is -0.239. The number of amides is 1. The van der Waals surface area contributed by atoms with Crippen LogP contribution in [-0.2, 0) is 4.79 Å². The zero-order valence-electron chi connectivity index (χ0n) is 9.43. The van der Waals surface area contributed by atoms with E-state index < -0.39 is 0 Å². The highest BCUT2D eigenvalue weighted by atomic mass is 79.9. The second-order valence-corrected chi connectivity index (χ2v) is 6.08. The van der Waals surface area contributed by atoms with Crippen molar-refractivity contribution in [2.24, 2.45) is 11.5 Å². The lowest BCUT2D eigenvalue weighted by Gasteiger charge is -2.29. The average molecular weight is 318 g/mol. The first kappa shape index (κ1) is 13.0. The van der Waals surface area contributed by atoms with Gasteiger partial charge >= 0.3 is 0 Å². The number of likely N-dealkylation sites (tertiary alicyclic amines) is 1. The monoisotopic (exact) mass is 317 g/mol. The van der Waals surface area contributed by atoms with Crippen LogP contribution in [0, 0.1) is 0 Å². The van der Waals surface area contributed by atoms with E-state index in [2.05, 4.69) is 26.9 Å². The molecule has 0 bridgehead atoms. The number of halogens is 1. The van der Waals surface area contributed by atoms with Gasteiger partial charge < -0.3 is 11.5 Å². The first-order valence-corrected chi connectivity index (χ1v) is 7.30. The fourth-order valence-corrected chi connectivity index (χ4v) is 3.96. The summed E-state index contributed by atoms with van der Waals surface area (Å²) in [7, 11) is 0. The molecule has 0 saturated carbocycles. The Labute approximate surface area is 113 Å². The summed E-state index contributed by atoms with van der Waals surface area (Å²) < 4.78 is 1.06. The minimum absolute atomic E-state index is 0.103. The van der Waals surface area contributed by atoms with Crippen molar-refractivity contribution in [2.75, 3.05) is 13.1 Å². The molecule has 1 fully saturated rings. The molecule has 2 heterocycles. The van der Waals surface area contributed by atoms with Crippen LogP contribution in [0.15, 0.2) is 15.9 Å². The van der Waals surface area contributed by atoms with Crippen LogP contribution in [0.5, 0.6) is 0 Å². The maximum atomic E-state index is 11.4. The van der Waals surface area contributed by atoms with Crippen molar-refractivity contribution in [3.05, 3.63) is 20.8 Å². The van der Waals surface area contributed by atoms with E-state index in [1.165, 1.54) is 4.88 Å². The molecular formula is C11H16BrN3OS. The van der Waals surface area contributed by atoms with Crippen molar-refractivity contribution >= 4 is 33.2 Å². The highest BCUT2D eigenvalue weighted by Crippen LogP contribution is 2.33. The van der Waals surface area contributed by atoms with Gasteiger partial charge in [0.05, 0.1) is 12.1 Å². The molecule has 4 nitrogen and oxygen atoms in total. The molecule has 2 rings (SSSR count). The molecule has 4 N–H and O–H groups in total. The standard InChI is InChI=1S/C11H16BrN3OS/c12-7-4-10(17-6-7)9(5-13)15-3-1-2-8(15)11(14)16/h4,6,8-9H,1-3,5,13H2,(H2,14,16). The number of carbonyl (C=O) groups is 1. The smallest absolute Gasteiger partial charge is 0.234 e. The van der Waals surface area contributed by atoms with E-state index in [1.807, 2.05) is 5.38 Å². The third kappa shape index (κ3) is 2.70. The van der Waals surface area contributed by atoms with Crippen LogP contribution in [0.4, 0.5) is 0 Å². The van der Waals surface area contributed by atoms with E-state index in [0.717, 1.165) is 23.9 Å². The van der Waals surface area contributed by atoms with E-state index in [-0.39, 0.29) is 18.0 Å². The SMILES string of the molecule is NCC(c1cc(Br)cs1)N1CCCC1C(N)=O. The lowest BCUT2D eigenvalue weighted by atomic mass is 10.1. The quantitative estimate of drug-likeness (QED) is 0.883. The van der Waals surface area contributed by atoms with Crippen molar-refractivity contribution in [1.82, 2.24) is 4.90 Å². The molecule has 1 aliphatic heterocycles. The summed E-state index contributed by atoms with van der Waals surface area (Å²) in [4.78, 5) is 14.7. The summed E-state index contributed by atoms with van der Waals surface area (Å²) in [6, 6.07) is 2.01. The van der Waals surface area contributed by atoms with Crippen molar-refractivity contribution < 1.29 is 4.79 Å². The Hall–Kier alpha value is -0.430. The normalized spacial score (nSPS) is 22.8. The second-order valence-electron chi connectivity index (χ2n) is 4.22. The maximum absolute atomic E-state index is 11.4. The van der Waals surface area contributed by atoms with E-state index in [4.69, 9.17) is 11.5 Å². The molecule has 0 radical (unpaired) electrons. The van der Waals surface area contributed by atoms with Crippen molar-refractivity contribution in [3.8, 4) is 0 Å². The van der Waals surface area contributed by atoms with Crippen LogP contribution in [0.2, 0.25) is 0 Å². The van der Waals surface area contributed by atoms with Gasteiger partial charge in [0.2, 0.25) is 5.91 Å². The predicted octanol–water partition coefficient (Wildman–Crippen LogP) is 1.46. The molecule has 1 saturated heterocycles. The molecular weight excluding hydrogens is 302 g/mol. The van der Waals surface area contributed by atoms with Gasteiger partial charge in [-0.3, -0.25) is 9.69 Å². The summed E-state index contributed by atoms with van der Waals surface area (Å²) >= 11 is 5.10. The molecule has 6 heteroatoms. The van der Waals surface area contributed by atoms with Gasteiger partial charge in [0.15, 0.2) is 0 Å². The van der Waals surface area contributed by atoms with Gasteiger partial charge in [-0.05, 0) is 41.4 Å². The lowest BCUT2D eigenvalue weighted by Crippen LogP contribution is -2.44. The van der Waals surface area contributed by atoms with E-state index in [1.54, 1.807) is 11.3 Å². The van der Waals surface area contributed by atoms with Gasteiger partial charge in [0.1, 0.15) is 0 Å². The molecule has 2 unspecified atom stereocenters. The largest absolute Gasteiger partial charge is 0.368 e. The number of primary amides is 1. The first-order valence-electron chi connectivity index (χ1n) is 5.62. The van der Waals surface area contributed by atoms with Gasteiger partial charge in [-0.25, -0.2) is 0 Å². The molecule has 1 amide bonds. The minimum atomic E-state index is -0.239. The topological polar surface area (TPSA) is 72.3 Å². The third-order valence-electron chi connectivity index (χ3n) is 3.16. The molecule has 2 atom stereocenters. The van der Waals surface area contributed by atoms with Crippen molar-refractivity contribution in [2.45, 2.75) is 24.9 Å². The molecule has 0 spiro atoms. The average Bonchev–Trinajstić information content (AvgIpc) is 2.89. The van der Waals surface area contributed by atoms with Gasteiger partial charge in [-0.2, -0.15) is 0 Å². The van der Waals surface area contributed by atoms with Gasteiger partial charge in [0, 0.05) is 21.3 Å². The van der Waals surface area contributed by atoms with Crippen molar-refractivity contribution in [1.29, 1.82) is 0 Å². The minimum Gasteiger partial charge on any atom is -0.368 e. The van der Waals surface area contributed by atoms with Crippen LogP contribution in [0.25, 0.3) is 0 Å². The van der Waals surface area contributed by atoms with Crippen LogP contribution >= 0.6 is 27.3 Å².